The second-order valence-corrected chi connectivity index (χ2v) is 4.07. The van der Waals surface area contributed by atoms with Gasteiger partial charge in [-0.1, -0.05) is 13.0 Å². The van der Waals surface area contributed by atoms with Gasteiger partial charge in [-0.15, -0.1) is 0 Å². The zero-order chi connectivity index (χ0) is 11.0. The Morgan fingerprint density at radius 2 is 2.00 bits per heavy atom. The van der Waals surface area contributed by atoms with Crippen molar-refractivity contribution in [1.29, 1.82) is 0 Å². The predicted molar refractivity (Wildman–Crippen MR) is 60.9 cm³/mol. The van der Waals surface area contributed by atoms with Crippen LogP contribution in [0.5, 0.6) is 0 Å². The smallest absolute Gasteiger partial charge is 0.134 e. The van der Waals surface area contributed by atoms with Crippen LogP contribution in [-0.2, 0) is 0 Å². The first kappa shape index (κ1) is 10.2. The van der Waals surface area contributed by atoms with E-state index in [0.717, 1.165) is 11.0 Å². The SMILES string of the molecule is CCC(O)c1cc2c(C)cc(C)cc2o1. The fourth-order valence-corrected chi connectivity index (χ4v) is 1.87. The molecule has 0 aliphatic carbocycles. The minimum absolute atomic E-state index is 0.489. The van der Waals surface area contributed by atoms with Gasteiger partial charge >= 0.3 is 0 Å². The van der Waals surface area contributed by atoms with Crippen molar-refractivity contribution in [3.8, 4) is 0 Å². The molecule has 1 aromatic carbocycles. The van der Waals surface area contributed by atoms with Gasteiger partial charge in [-0.2, -0.15) is 0 Å². The van der Waals surface area contributed by atoms with E-state index in [1.54, 1.807) is 0 Å². The molecule has 0 aliphatic heterocycles. The lowest BCUT2D eigenvalue weighted by molar-refractivity contribution is 0.148. The van der Waals surface area contributed by atoms with Crippen molar-refractivity contribution in [2.45, 2.75) is 33.3 Å². The Hall–Kier alpha value is -1.28. The lowest BCUT2D eigenvalue weighted by atomic mass is 10.1. The van der Waals surface area contributed by atoms with Gasteiger partial charge in [0.05, 0.1) is 0 Å². The normalized spacial score (nSPS) is 13.3. The topological polar surface area (TPSA) is 33.4 Å². The average Bonchev–Trinajstić information content (AvgIpc) is 2.60. The summed E-state index contributed by atoms with van der Waals surface area (Å²) in [5.74, 6) is 0.668. The van der Waals surface area contributed by atoms with Crippen LogP contribution in [0.2, 0.25) is 0 Å². The van der Waals surface area contributed by atoms with Crippen LogP contribution in [0.1, 0.15) is 36.3 Å². The Bertz CT molecular complexity index is 482. The number of hydrogen-bond acceptors (Lipinski definition) is 2. The molecule has 0 saturated carbocycles. The molecule has 0 spiro atoms. The van der Waals surface area contributed by atoms with E-state index >= 15 is 0 Å². The Kier molecular flexibility index (Phi) is 2.53. The van der Waals surface area contributed by atoms with Crippen molar-refractivity contribution < 1.29 is 9.52 Å². The first-order chi connectivity index (χ1) is 7.11. The summed E-state index contributed by atoms with van der Waals surface area (Å²) < 4.78 is 5.63. The van der Waals surface area contributed by atoms with Crippen LogP contribution in [0.15, 0.2) is 22.6 Å². The van der Waals surface area contributed by atoms with Crippen LogP contribution >= 0.6 is 0 Å². The molecular formula is C13H16O2. The van der Waals surface area contributed by atoms with Crippen molar-refractivity contribution in [3.05, 3.63) is 35.1 Å². The van der Waals surface area contributed by atoms with Crippen molar-refractivity contribution in [1.82, 2.24) is 0 Å². The summed E-state index contributed by atoms with van der Waals surface area (Å²) in [6.07, 6.45) is 0.190. The molecule has 0 bridgehead atoms. The first-order valence-electron chi connectivity index (χ1n) is 5.30. The van der Waals surface area contributed by atoms with Crippen LogP contribution in [0, 0.1) is 13.8 Å². The van der Waals surface area contributed by atoms with E-state index in [9.17, 15) is 5.11 Å². The molecule has 1 unspecified atom stereocenters. The minimum Gasteiger partial charge on any atom is -0.458 e. The molecule has 1 heterocycles. The van der Waals surface area contributed by atoms with E-state index < -0.39 is 6.10 Å². The highest BCUT2D eigenvalue weighted by Gasteiger charge is 2.12. The molecule has 0 radical (unpaired) electrons. The average molecular weight is 204 g/mol. The molecule has 80 valence electrons. The predicted octanol–water partition coefficient (Wildman–Crippen LogP) is 3.49. The standard InChI is InChI=1S/C13H16O2/c1-4-11(14)13-7-10-9(3)5-8(2)6-12(10)15-13/h5-7,11,14H,4H2,1-3H3. The third-order valence-corrected chi connectivity index (χ3v) is 2.72. The molecule has 0 amide bonds. The van der Waals surface area contributed by atoms with Gasteiger partial charge in [0, 0.05) is 5.39 Å². The molecule has 0 fully saturated rings. The van der Waals surface area contributed by atoms with Crippen molar-refractivity contribution >= 4 is 11.0 Å². The lowest BCUT2D eigenvalue weighted by Crippen LogP contribution is -1.91. The van der Waals surface area contributed by atoms with Crippen molar-refractivity contribution in [3.63, 3.8) is 0 Å². The molecule has 2 nitrogen and oxygen atoms in total. The summed E-state index contributed by atoms with van der Waals surface area (Å²) in [6.45, 7) is 6.05. The van der Waals surface area contributed by atoms with Crippen molar-refractivity contribution in [2.75, 3.05) is 0 Å². The zero-order valence-electron chi connectivity index (χ0n) is 9.37. The molecule has 1 aromatic heterocycles. The van der Waals surface area contributed by atoms with Gasteiger partial charge in [0.2, 0.25) is 0 Å². The minimum atomic E-state index is -0.489. The van der Waals surface area contributed by atoms with Crippen LogP contribution in [-0.4, -0.2) is 5.11 Å². The fourth-order valence-electron chi connectivity index (χ4n) is 1.87. The largest absolute Gasteiger partial charge is 0.458 e. The fraction of sp³-hybridized carbons (Fsp3) is 0.385. The Morgan fingerprint density at radius 1 is 1.27 bits per heavy atom. The molecule has 2 heteroatoms. The molecular weight excluding hydrogens is 188 g/mol. The van der Waals surface area contributed by atoms with E-state index in [0.29, 0.717) is 12.2 Å². The number of rotatable bonds is 2. The molecule has 1 atom stereocenters. The van der Waals surface area contributed by atoms with Gasteiger partial charge < -0.3 is 9.52 Å². The van der Waals surface area contributed by atoms with Gasteiger partial charge in [-0.05, 0) is 43.5 Å². The third kappa shape index (κ3) is 1.77. The number of hydrogen-bond donors (Lipinski definition) is 1. The van der Waals surface area contributed by atoms with Crippen LogP contribution in [0.25, 0.3) is 11.0 Å². The third-order valence-electron chi connectivity index (χ3n) is 2.72. The molecule has 2 aromatic rings. The second kappa shape index (κ2) is 3.70. The monoisotopic (exact) mass is 204 g/mol. The van der Waals surface area contributed by atoms with E-state index in [1.807, 2.05) is 26.0 Å². The van der Waals surface area contributed by atoms with E-state index in [4.69, 9.17) is 4.42 Å². The lowest BCUT2D eigenvalue weighted by Gasteiger charge is -2.00. The van der Waals surface area contributed by atoms with Crippen LogP contribution in [0.4, 0.5) is 0 Å². The summed E-state index contributed by atoms with van der Waals surface area (Å²) in [7, 11) is 0. The van der Waals surface area contributed by atoms with Crippen LogP contribution in [0.3, 0.4) is 0 Å². The Balaban J connectivity index is 2.60. The van der Waals surface area contributed by atoms with E-state index in [1.165, 1.54) is 11.1 Å². The van der Waals surface area contributed by atoms with E-state index in [2.05, 4.69) is 13.0 Å². The van der Waals surface area contributed by atoms with Gasteiger partial charge in [-0.25, -0.2) is 0 Å². The molecule has 2 rings (SSSR count). The highest BCUT2D eigenvalue weighted by Crippen LogP contribution is 2.28. The molecule has 0 saturated heterocycles. The first-order valence-corrected chi connectivity index (χ1v) is 5.30. The molecule has 15 heavy (non-hydrogen) atoms. The summed E-state index contributed by atoms with van der Waals surface area (Å²) in [5, 5.41) is 10.8. The maximum absolute atomic E-state index is 9.70. The summed E-state index contributed by atoms with van der Waals surface area (Å²) in [6, 6.07) is 6.08. The summed E-state index contributed by atoms with van der Waals surface area (Å²) in [4.78, 5) is 0. The summed E-state index contributed by atoms with van der Waals surface area (Å²) >= 11 is 0. The van der Waals surface area contributed by atoms with Gasteiger partial charge in [0.1, 0.15) is 17.4 Å². The van der Waals surface area contributed by atoms with Crippen molar-refractivity contribution in [2.24, 2.45) is 0 Å². The quantitative estimate of drug-likeness (QED) is 0.812. The highest BCUT2D eigenvalue weighted by molar-refractivity contribution is 5.82. The van der Waals surface area contributed by atoms with Gasteiger partial charge in [0.25, 0.3) is 0 Å². The maximum Gasteiger partial charge on any atom is 0.134 e. The number of aryl methyl sites for hydroxylation is 2. The number of fused-ring (bicyclic) bond motifs is 1. The molecule has 1 N–H and O–H groups in total. The van der Waals surface area contributed by atoms with Gasteiger partial charge in [0.15, 0.2) is 0 Å². The Labute approximate surface area is 89.5 Å². The summed E-state index contributed by atoms with van der Waals surface area (Å²) in [5.41, 5.74) is 3.25. The second-order valence-electron chi connectivity index (χ2n) is 4.07. The highest BCUT2D eigenvalue weighted by atomic mass is 16.4. The van der Waals surface area contributed by atoms with Gasteiger partial charge in [-0.3, -0.25) is 0 Å². The molecule has 0 aliphatic rings. The maximum atomic E-state index is 9.70. The number of benzene rings is 1. The zero-order valence-corrected chi connectivity index (χ0v) is 9.37. The van der Waals surface area contributed by atoms with E-state index in [-0.39, 0.29) is 0 Å². The number of aliphatic hydroxyl groups is 1. The number of furan rings is 1. The Morgan fingerprint density at radius 3 is 2.67 bits per heavy atom. The number of aliphatic hydroxyl groups excluding tert-OH is 1. The van der Waals surface area contributed by atoms with Crippen LogP contribution < -0.4 is 0 Å².